The van der Waals surface area contributed by atoms with Crippen LogP contribution in [0.4, 0.5) is 0 Å². The highest BCUT2D eigenvalue weighted by molar-refractivity contribution is 5.80. The molecule has 0 aromatic heterocycles. The van der Waals surface area contributed by atoms with Crippen LogP contribution in [0, 0.1) is 5.92 Å². The number of unbranched alkanes of at least 4 members (excludes halogenated alkanes) is 2. The lowest BCUT2D eigenvalue weighted by molar-refractivity contribution is -0.159. The molecule has 2 atom stereocenters. The Bertz CT molecular complexity index is 334. The molecule has 0 aliphatic carbocycles. The van der Waals surface area contributed by atoms with Crippen LogP contribution in [0.2, 0.25) is 0 Å². The second kappa shape index (κ2) is 15.3. The second-order valence-electron chi connectivity index (χ2n) is 5.49. The van der Waals surface area contributed by atoms with Gasteiger partial charge in [-0.15, -0.1) is 0 Å². The highest BCUT2D eigenvalue weighted by atomic mass is 16.5. The molecule has 8 nitrogen and oxygen atoms in total. The van der Waals surface area contributed by atoms with E-state index < -0.39 is 24.0 Å². The quantitative estimate of drug-likeness (QED) is 0.235. The number of carbonyl (C=O) groups is 2. The molecule has 0 aromatic carbocycles. The molecule has 0 aromatic rings. The van der Waals surface area contributed by atoms with Gasteiger partial charge in [0, 0.05) is 19.8 Å². The maximum Gasteiger partial charge on any atom is 0.312 e. The molecule has 4 N–H and O–H groups in total. The molecule has 0 spiro atoms. The van der Waals surface area contributed by atoms with Crippen LogP contribution in [0.5, 0.6) is 0 Å². The van der Waals surface area contributed by atoms with Gasteiger partial charge < -0.3 is 29.9 Å². The number of hydrogen-bond donors (Lipinski definition) is 4. The van der Waals surface area contributed by atoms with Gasteiger partial charge in [0.1, 0.15) is 0 Å². The molecule has 0 bridgehead atoms. The van der Waals surface area contributed by atoms with Crippen molar-refractivity contribution in [2.75, 3.05) is 33.0 Å². The molecule has 8 heteroatoms. The third-order valence-electron chi connectivity index (χ3n) is 3.42. The van der Waals surface area contributed by atoms with Crippen molar-refractivity contribution in [2.24, 2.45) is 5.92 Å². The lowest BCUT2D eigenvalue weighted by Crippen LogP contribution is -2.33. The zero-order valence-corrected chi connectivity index (χ0v) is 14.1. The molecule has 0 aliphatic heterocycles. The zero-order valence-electron chi connectivity index (χ0n) is 14.1. The predicted octanol–water partition coefficient (Wildman–Crippen LogP) is -0.243. The van der Waals surface area contributed by atoms with Gasteiger partial charge in [-0.05, 0) is 38.5 Å². The van der Waals surface area contributed by atoms with Gasteiger partial charge in [0.2, 0.25) is 0 Å². The van der Waals surface area contributed by atoms with Crippen molar-refractivity contribution in [3.8, 4) is 0 Å². The molecule has 0 rings (SSSR count). The Morgan fingerprint density at radius 3 is 1.88 bits per heavy atom. The normalized spacial score (nSPS) is 13.3. The van der Waals surface area contributed by atoms with E-state index in [4.69, 9.17) is 24.8 Å². The van der Waals surface area contributed by atoms with Crippen molar-refractivity contribution >= 4 is 11.9 Å². The van der Waals surface area contributed by atoms with Crippen molar-refractivity contribution in [1.29, 1.82) is 0 Å². The maximum absolute atomic E-state index is 12.1. The average Bonchev–Trinajstić information content (AvgIpc) is 2.58. The number of hydrogen-bond acceptors (Lipinski definition) is 8. The minimum atomic E-state index is -1.10. The summed E-state index contributed by atoms with van der Waals surface area (Å²) < 4.78 is 10.0. The Hall–Kier alpha value is -1.22. The van der Waals surface area contributed by atoms with Crippen LogP contribution in [0.25, 0.3) is 0 Å². The average molecular weight is 350 g/mol. The van der Waals surface area contributed by atoms with Crippen LogP contribution in [0.3, 0.4) is 0 Å². The van der Waals surface area contributed by atoms with Crippen molar-refractivity contribution in [3.63, 3.8) is 0 Å². The van der Waals surface area contributed by atoms with E-state index in [1.807, 2.05) is 0 Å². The topological polar surface area (TPSA) is 134 Å². The minimum absolute atomic E-state index is 0.000268. The molecule has 0 aliphatic rings. The standard InChI is InChI=1S/C16H30O8/c17-7-1-3-10-23-15(21)12-13(14(20)6-5-9-19)16(22)24-11-4-2-8-18/h13-14,17-20H,1-12H2. The van der Waals surface area contributed by atoms with Crippen molar-refractivity contribution in [1.82, 2.24) is 0 Å². The molecule has 0 radical (unpaired) electrons. The van der Waals surface area contributed by atoms with E-state index in [0.29, 0.717) is 32.1 Å². The van der Waals surface area contributed by atoms with Crippen molar-refractivity contribution in [2.45, 2.75) is 51.0 Å². The number of aliphatic hydroxyl groups is 4. The highest BCUT2D eigenvalue weighted by Gasteiger charge is 2.31. The summed E-state index contributed by atoms with van der Waals surface area (Å²) in [5, 5.41) is 36.2. The number of rotatable bonds is 15. The van der Waals surface area contributed by atoms with Crippen LogP contribution in [0.1, 0.15) is 44.9 Å². The number of carbonyl (C=O) groups excluding carboxylic acids is 2. The van der Waals surface area contributed by atoms with Crippen LogP contribution >= 0.6 is 0 Å². The van der Waals surface area contributed by atoms with Gasteiger partial charge in [0.15, 0.2) is 0 Å². The molecular formula is C16H30O8. The largest absolute Gasteiger partial charge is 0.466 e. The first-order chi connectivity index (χ1) is 11.6. The fourth-order valence-electron chi connectivity index (χ4n) is 2.01. The van der Waals surface area contributed by atoms with Crippen LogP contribution in [-0.4, -0.2) is 71.5 Å². The highest BCUT2D eigenvalue weighted by Crippen LogP contribution is 2.17. The summed E-state index contributed by atoms with van der Waals surface area (Å²) in [6, 6.07) is 0. The Morgan fingerprint density at radius 1 is 0.792 bits per heavy atom. The molecule has 0 saturated carbocycles. The monoisotopic (exact) mass is 350 g/mol. The van der Waals surface area contributed by atoms with Gasteiger partial charge in [-0.1, -0.05) is 0 Å². The van der Waals surface area contributed by atoms with Crippen LogP contribution < -0.4 is 0 Å². The van der Waals surface area contributed by atoms with Gasteiger partial charge in [0.05, 0.1) is 31.7 Å². The Balaban J connectivity index is 4.44. The Morgan fingerprint density at radius 2 is 1.33 bits per heavy atom. The van der Waals surface area contributed by atoms with E-state index >= 15 is 0 Å². The molecular weight excluding hydrogens is 320 g/mol. The zero-order chi connectivity index (χ0) is 18.2. The Kier molecular flexibility index (Phi) is 14.5. The lowest BCUT2D eigenvalue weighted by Gasteiger charge is -2.20. The maximum atomic E-state index is 12.1. The first-order valence-electron chi connectivity index (χ1n) is 8.39. The molecule has 0 heterocycles. The molecule has 0 fully saturated rings. The van der Waals surface area contributed by atoms with Gasteiger partial charge in [0.25, 0.3) is 0 Å². The van der Waals surface area contributed by atoms with E-state index in [2.05, 4.69) is 0 Å². The van der Waals surface area contributed by atoms with Crippen LogP contribution in [-0.2, 0) is 19.1 Å². The second-order valence-corrected chi connectivity index (χ2v) is 5.49. The minimum Gasteiger partial charge on any atom is -0.466 e. The van der Waals surface area contributed by atoms with E-state index in [1.165, 1.54) is 0 Å². The molecule has 24 heavy (non-hydrogen) atoms. The van der Waals surface area contributed by atoms with Crippen LogP contribution in [0.15, 0.2) is 0 Å². The first-order valence-corrected chi connectivity index (χ1v) is 8.39. The molecule has 0 saturated heterocycles. The molecule has 2 unspecified atom stereocenters. The van der Waals surface area contributed by atoms with Gasteiger partial charge >= 0.3 is 11.9 Å². The first kappa shape index (κ1) is 22.8. The van der Waals surface area contributed by atoms with E-state index in [0.717, 1.165) is 0 Å². The number of aliphatic hydroxyl groups excluding tert-OH is 4. The predicted molar refractivity (Wildman–Crippen MR) is 85.0 cm³/mol. The third-order valence-corrected chi connectivity index (χ3v) is 3.42. The smallest absolute Gasteiger partial charge is 0.312 e. The molecule has 142 valence electrons. The van der Waals surface area contributed by atoms with Crippen molar-refractivity contribution in [3.05, 3.63) is 0 Å². The summed E-state index contributed by atoms with van der Waals surface area (Å²) >= 11 is 0. The molecule has 0 amide bonds. The summed E-state index contributed by atoms with van der Waals surface area (Å²) in [6.07, 6.45) is 1.10. The van der Waals surface area contributed by atoms with E-state index in [9.17, 15) is 14.7 Å². The lowest BCUT2D eigenvalue weighted by atomic mass is 9.95. The fraction of sp³-hybridized carbons (Fsp3) is 0.875. The fourth-order valence-corrected chi connectivity index (χ4v) is 2.01. The van der Waals surface area contributed by atoms with E-state index in [1.54, 1.807) is 0 Å². The summed E-state index contributed by atoms with van der Waals surface area (Å²) in [5.41, 5.74) is 0. The number of ether oxygens (including phenoxy) is 2. The van der Waals surface area contributed by atoms with Gasteiger partial charge in [-0.3, -0.25) is 9.59 Å². The van der Waals surface area contributed by atoms with E-state index in [-0.39, 0.29) is 45.9 Å². The summed E-state index contributed by atoms with van der Waals surface area (Å²) in [5.74, 6) is -2.35. The third kappa shape index (κ3) is 11.3. The summed E-state index contributed by atoms with van der Waals surface area (Å²) in [7, 11) is 0. The van der Waals surface area contributed by atoms with Gasteiger partial charge in [-0.2, -0.15) is 0 Å². The number of esters is 2. The van der Waals surface area contributed by atoms with Gasteiger partial charge in [-0.25, -0.2) is 0 Å². The summed E-state index contributed by atoms with van der Waals surface area (Å²) in [4.78, 5) is 23.9. The van der Waals surface area contributed by atoms with Crippen molar-refractivity contribution < 1.29 is 39.5 Å². The Labute approximate surface area is 142 Å². The summed E-state index contributed by atoms with van der Waals surface area (Å²) in [6.45, 7) is 0.139. The SMILES string of the molecule is O=C(CC(C(=O)OCCCCO)C(O)CCCO)OCCCCO.